The van der Waals surface area contributed by atoms with Gasteiger partial charge in [0, 0.05) is 24.6 Å². The summed E-state index contributed by atoms with van der Waals surface area (Å²) in [5.41, 5.74) is 0.199. The molecule has 0 spiro atoms. The van der Waals surface area contributed by atoms with Crippen LogP contribution in [0, 0.1) is 0 Å². The summed E-state index contributed by atoms with van der Waals surface area (Å²) >= 11 is 0. The summed E-state index contributed by atoms with van der Waals surface area (Å²) in [4.78, 5) is 12.6. The van der Waals surface area contributed by atoms with E-state index in [1.54, 1.807) is 30.3 Å². The van der Waals surface area contributed by atoms with E-state index in [1.807, 2.05) is 13.8 Å². The van der Waals surface area contributed by atoms with Gasteiger partial charge in [-0.1, -0.05) is 31.1 Å². The van der Waals surface area contributed by atoms with Crippen LogP contribution in [0.4, 0.5) is 0 Å². The number of rotatable bonds is 3. The molecule has 8 nitrogen and oxygen atoms in total. The Morgan fingerprint density at radius 2 is 2.11 bits per heavy atom. The quantitative estimate of drug-likeness (QED) is 0.855. The fourth-order valence-corrected chi connectivity index (χ4v) is 5.26. The number of aromatic nitrogens is 1. The minimum absolute atomic E-state index is 0.130. The van der Waals surface area contributed by atoms with E-state index in [4.69, 9.17) is 9.26 Å². The number of ether oxygens (including phenoxy) is 1. The molecule has 1 aromatic carbocycles. The number of nitrogens with one attached hydrogen (secondary N) is 1. The van der Waals surface area contributed by atoms with Crippen molar-refractivity contribution < 1.29 is 22.5 Å². The first-order chi connectivity index (χ1) is 12.9. The van der Waals surface area contributed by atoms with Crippen molar-refractivity contribution >= 4 is 15.9 Å². The van der Waals surface area contributed by atoms with Crippen LogP contribution in [0.2, 0.25) is 0 Å². The summed E-state index contributed by atoms with van der Waals surface area (Å²) in [5, 5.41) is 6.66. The SMILES string of the molecule is CC(C)c1cc(C(=O)N[C@H]2C[C@H]3COc4ccccc4S(=O)(=O)N3C2)no1. The number of benzene rings is 1. The highest BCUT2D eigenvalue weighted by Crippen LogP contribution is 2.35. The summed E-state index contributed by atoms with van der Waals surface area (Å²) in [6.07, 6.45) is 0.480. The lowest BCUT2D eigenvalue weighted by Crippen LogP contribution is -2.39. The predicted molar refractivity (Wildman–Crippen MR) is 96.1 cm³/mol. The molecule has 1 N–H and O–H groups in total. The fraction of sp³-hybridized carbons (Fsp3) is 0.444. The molecule has 0 radical (unpaired) electrons. The monoisotopic (exact) mass is 391 g/mol. The lowest BCUT2D eigenvalue weighted by atomic mass is 10.1. The molecule has 0 saturated carbocycles. The van der Waals surface area contributed by atoms with Crippen molar-refractivity contribution in [2.45, 2.75) is 43.2 Å². The van der Waals surface area contributed by atoms with Crippen LogP contribution in [0.5, 0.6) is 5.75 Å². The van der Waals surface area contributed by atoms with Crippen LogP contribution in [-0.4, -0.2) is 49.0 Å². The van der Waals surface area contributed by atoms with Crippen molar-refractivity contribution in [2.24, 2.45) is 0 Å². The van der Waals surface area contributed by atoms with Crippen LogP contribution in [0.3, 0.4) is 0 Å². The number of nitrogens with zero attached hydrogens (tertiary/aromatic N) is 2. The van der Waals surface area contributed by atoms with E-state index in [0.717, 1.165) is 0 Å². The van der Waals surface area contributed by atoms with E-state index in [2.05, 4.69) is 10.5 Å². The first-order valence-electron chi connectivity index (χ1n) is 8.87. The molecule has 2 aromatic rings. The first-order valence-corrected chi connectivity index (χ1v) is 10.3. The Morgan fingerprint density at radius 3 is 2.85 bits per heavy atom. The smallest absolute Gasteiger partial charge is 0.273 e. The van der Waals surface area contributed by atoms with Gasteiger partial charge in [0.05, 0.1) is 6.04 Å². The number of carbonyl (C=O) groups excluding carboxylic acids is 1. The number of hydrogen-bond donors (Lipinski definition) is 1. The van der Waals surface area contributed by atoms with E-state index in [-0.39, 0.29) is 47.6 Å². The molecule has 3 heterocycles. The summed E-state index contributed by atoms with van der Waals surface area (Å²) < 4.78 is 38.3. The van der Waals surface area contributed by atoms with Crippen molar-refractivity contribution in [1.82, 2.24) is 14.8 Å². The summed E-state index contributed by atoms with van der Waals surface area (Å²) in [7, 11) is -3.67. The van der Waals surface area contributed by atoms with E-state index in [9.17, 15) is 13.2 Å². The van der Waals surface area contributed by atoms with Crippen LogP contribution in [0.25, 0.3) is 0 Å². The van der Waals surface area contributed by atoms with Gasteiger partial charge in [0.1, 0.15) is 23.0 Å². The van der Waals surface area contributed by atoms with Crippen LogP contribution >= 0.6 is 0 Å². The lowest BCUT2D eigenvalue weighted by molar-refractivity contribution is 0.0929. The second kappa shape index (κ2) is 6.65. The molecule has 1 saturated heterocycles. The van der Waals surface area contributed by atoms with Gasteiger partial charge in [-0.2, -0.15) is 4.31 Å². The Labute approximate surface area is 157 Å². The van der Waals surface area contributed by atoms with Gasteiger partial charge < -0.3 is 14.6 Å². The highest BCUT2D eigenvalue weighted by atomic mass is 32.2. The van der Waals surface area contributed by atoms with Crippen LogP contribution < -0.4 is 10.1 Å². The third kappa shape index (κ3) is 3.21. The number of fused-ring (bicyclic) bond motifs is 2. The molecule has 0 unspecified atom stereocenters. The Morgan fingerprint density at radius 1 is 1.33 bits per heavy atom. The molecule has 2 aliphatic rings. The maximum atomic E-state index is 13.0. The third-order valence-electron chi connectivity index (χ3n) is 4.90. The topological polar surface area (TPSA) is 102 Å². The Bertz CT molecular complexity index is 969. The maximum absolute atomic E-state index is 13.0. The van der Waals surface area contributed by atoms with Crippen molar-refractivity contribution in [3.05, 3.63) is 41.8 Å². The molecule has 4 rings (SSSR count). The van der Waals surface area contributed by atoms with Gasteiger partial charge in [0.2, 0.25) is 10.0 Å². The zero-order valence-electron chi connectivity index (χ0n) is 15.1. The highest BCUT2D eigenvalue weighted by Gasteiger charge is 2.44. The van der Waals surface area contributed by atoms with Crippen LogP contribution in [0.1, 0.15) is 42.4 Å². The van der Waals surface area contributed by atoms with Crippen LogP contribution in [-0.2, 0) is 10.0 Å². The van der Waals surface area contributed by atoms with Gasteiger partial charge >= 0.3 is 0 Å². The second-order valence-corrected chi connectivity index (χ2v) is 9.02. The van der Waals surface area contributed by atoms with Gasteiger partial charge in [-0.3, -0.25) is 4.79 Å². The predicted octanol–water partition coefficient (Wildman–Crippen LogP) is 1.75. The molecule has 1 fully saturated rings. The summed E-state index contributed by atoms with van der Waals surface area (Å²) in [6.45, 7) is 4.35. The molecule has 0 aliphatic carbocycles. The van der Waals surface area contributed by atoms with Crippen molar-refractivity contribution in [1.29, 1.82) is 0 Å². The molecular weight excluding hydrogens is 370 g/mol. The number of hydrogen-bond acceptors (Lipinski definition) is 6. The number of amides is 1. The average Bonchev–Trinajstić information content (AvgIpc) is 3.26. The average molecular weight is 391 g/mol. The molecule has 2 aliphatic heterocycles. The molecule has 1 amide bonds. The molecule has 2 atom stereocenters. The third-order valence-corrected chi connectivity index (χ3v) is 6.85. The Kier molecular flexibility index (Phi) is 4.43. The van der Waals surface area contributed by atoms with Gasteiger partial charge in [0.25, 0.3) is 5.91 Å². The Balaban J connectivity index is 1.51. The van der Waals surface area contributed by atoms with Crippen molar-refractivity contribution in [2.75, 3.05) is 13.2 Å². The number of sulfonamides is 1. The zero-order valence-corrected chi connectivity index (χ0v) is 15.9. The van der Waals surface area contributed by atoms with E-state index >= 15 is 0 Å². The fourth-order valence-electron chi connectivity index (χ4n) is 3.46. The number of para-hydroxylation sites is 1. The molecule has 9 heteroatoms. The van der Waals surface area contributed by atoms with Gasteiger partial charge in [-0.25, -0.2) is 8.42 Å². The minimum atomic E-state index is -3.67. The molecule has 0 bridgehead atoms. The standard InChI is InChI=1S/C18H21N3O5S/c1-11(2)16-8-14(20-26-16)18(22)19-12-7-13-10-25-15-5-3-4-6-17(15)27(23,24)21(13)9-12/h3-6,8,11-13H,7,9-10H2,1-2H3,(H,19,22)/t12-,13-/m0/s1. The van der Waals surface area contributed by atoms with E-state index < -0.39 is 10.0 Å². The molecule has 27 heavy (non-hydrogen) atoms. The van der Waals surface area contributed by atoms with Gasteiger partial charge in [0.15, 0.2) is 5.69 Å². The van der Waals surface area contributed by atoms with E-state index in [1.165, 1.54) is 4.31 Å². The first kappa shape index (κ1) is 18.0. The normalized spacial score (nSPS) is 24.0. The van der Waals surface area contributed by atoms with Gasteiger partial charge in [-0.05, 0) is 18.6 Å². The summed E-state index contributed by atoms with van der Waals surface area (Å²) in [5.74, 6) is 0.766. The molecule has 144 valence electrons. The maximum Gasteiger partial charge on any atom is 0.273 e. The van der Waals surface area contributed by atoms with Crippen molar-refractivity contribution in [3.63, 3.8) is 0 Å². The summed E-state index contributed by atoms with van der Waals surface area (Å²) in [6, 6.07) is 7.60. The molecule has 1 aromatic heterocycles. The number of carbonyl (C=O) groups is 1. The highest BCUT2D eigenvalue weighted by molar-refractivity contribution is 7.89. The Hall–Kier alpha value is -2.39. The van der Waals surface area contributed by atoms with E-state index in [0.29, 0.717) is 17.9 Å². The largest absolute Gasteiger partial charge is 0.490 e. The van der Waals surface area contributed by atoms with Crippen molar-refractivity contribution in [3.8, 4) is 5.75 Å². The minimum Gasteiger partial charge on any atom is -0.490 e. The second-order valence-electron chi connectivity index (χ2n) is 7.16. The molecular formula is C18H21N3O5S. The lowest BCUT2D eigenvalue weighted by Gasteiger charge is -2.19. The van der Waals surface area contributed by atoms with Crippen LogP contribution in [0.15, 0.2) is 39.8 Å². The zero-order chi connectivity index (χ0) is 19.2. The van der Waals surface area contributed by atoms with Gasteiger partial charge in [-0.15, -0.1) is 0 Å².